The number of aromatic nitrogens is 2. The molecule has 1 amide bonds. The van der Waals surface area contributed by atoms with Crippen LogP contribution in [0, 0.1) is 0 Å². The summed E-state index contributed by atoms with van der Waals surface area (Å²) in [4.78, 5) is 12.9. The molecule has 2 aromatic carbocycles. The van der Waals surface area contributed by atoms with Crippen LogP contribution in [0.15, 0.2) is 46.9 Å². The summed E-state index contributed by atoms with van der Waals surface area (Å²) in [5.74, 6) is 1.59. The molecular weight excluding hydrogens is 466 g/mol. The number of nitrogens with one attached hydrogen (secondary N) is 1. The second kappa shape index (κ2) is 7.69. The maximum Gasteiger partial charge on any atom is 0.258 e. The number of methoxy groups -OCH3 is 1. The van der Waals surface area contributed by atoms with E-state index in [9.17, 15) is 9.00 Å². The first-order chi connectivity index (χ1) is 13.5. The van der Waals surface area contributed by atoms with Crippen LogP contribution in [0.25, 0.3) is 5.69 Å². The molecule has 1 aromatic heterocycles. The summed E-state index contributed by atoms with van der Waals surface area (Å²) in [7, 11) is 0.581. The van der Waals surface area contributed by atoms with Gasteiger partial charge in [-0.2, -0.15) is 5.10 Å². The molecular formula is C19H15BrClN3O3S. The zero-order valence-electron chi connectivity index (χ0n) is 14.7. The van der Waals surface area contributed by atoms with Crippen LogP contribution < -0.4 is 10.1 Å². The second-order valence-corrected chi connectivity index (χ2v) is 8.97. The van der Waals surface area contributed by atoms with Crippen LogP contribution in [-0.4, -0.2) is 27.0 Å². The number of hydrogen-bond acceptors (Lipinski definition) is 4. The van der Waals surface area contributed by atoms with E-state index in [1.807, 2.05) is 24.3 Å². The first kappa shape index (κ1) is 19.2. The fraction of sp³-hybridized carbons (Fsp3) is 0.158. The lowest BCUT2D eigenvalue weighted by Gasteiger charge is -2.12. The molecule has 0 fully saturated rings. The third kappa shape index (κ3) is 3.59. The van der Waals surface area contributed by atoms with E-state index in [2.05, 4.69) is 26.3 Å². The van der Waals surface area contributed by atoms with Gasteiger partial charge in [-0.3, -0.25) is 9.00 Å². The number of benzene rings is 2. The highest BCUT2D eigenvalue weighted by Crippen LogP contribution is 2.32. The van der Waals surface area contributed by atoms with Crippen molar-refractivity contribution >= 4 is 50.1 Å². The summed E-state index contributed by atoms with van der Waals surface area (Å²) in [6.45, 7) is 0. The van der Waals surface area contributed by atoms with Crippen molar-refractivity contribution in [2.24, 2.45) is 0 Å². The summed E-state index contributed by atoms with van der Waals surface area (Å²) >= 11 is 9.55. The molecule has 0 unspecified atom stereocenters. The van der Waals surface area contributed by atoms with Crippen molar-refractivity contribution in [3.8, 4) is 11.4 Å². The van der Waals surface area contributed by atoms with Gasteiger partial charge in [0.15, 0.2) is 0 Å². The third-order valence-corrected chi connectivity index (χ3v) is 6.42. The normalized spacial score (nSPS) is 15.3. The fourth-order valence-electron chi connectivity index (χ4n) is 3.01. The summed E-state index contributed by atoms with van der Waals surface area (Å²) in [5, 5.41) is 7.84. The van der Waals surface area contributed by atoms with Crippen LogP contribution in [-0.2, 0) is 22.3 Å². The van der Waals surface area contributed by atoms with Crippen molar-refractivity contribution < 1.29 is 13.7 Å². The van der Waals surface area contributed by atoms with Crippen LogP contribution in [0.3, 0.4) is 0 Å². The highest BCUT2D eigenvalue weighted by molar-refractivity contribution is 9.10. The number of fused-ring (bicyclic) bond motifs is 1. The summed E-state index contributed by atoms with van der Waals surface area (Å²) < 4.78 is 19.6. The van der Waals surface area contributed by atoms with E-state index in [0.717, 1.165) is 27.2 Å². The van der Waals surface area contributed by atoms with Crippen LogP contribution in [0.5, 0.6) is 5.75 Å². The Hall–Kier alpha value is -2.16. The van der Waals surface area contributed by atoms with Crippen LogP contribution in [0.2, 0.25) is 5.02 Å². The first-order valence-corrected chi connectivity index (χ1v) is 11.0. The van der Waals surface area contributed by atoms with Gasteiger partial charge in [0.1, 0.15) is 11.6 Å². The van der Waals surface area contributed by atoms with E-state index in [1.54, 1.807) is 30.0 Å². The van der Waals surface area contributed by atoms with Gasteiger partial charge in [-0.15, -0.1) is 0 Å². The molecule has 4 rings (SSSR count). The smallest absolute Gasteiger partial charge is 0.258 e. The molecule has 9 heteroatoms. The molecule has 28 heavy (non-hydrogen) atoms. The maximum atomic E-state index is 12.9. The third-order valence-electron chi connectivity index (χ3n) is 4.39. The van der Waals surface area contributed by atoms with E-state index in [-0.39, 0.29) is 5.91 Å². The van der Waals surface area contributed by atoms with Gasteiger partial charge in [-0.25, -0.2) is 4.68 Å². The number of rotatable bonds is 4. The first-order valence-electron chi connectivity index (χ1n) is 8.33. The number of anilines is 1. The minimum atomic E-state index is -1.02. The predicted molar refractivity (Wildman–Crippen MR) is 113 cm³/mol. The predicted octanol–water partition coefficient (Wildman–Crippen LogP) is 4.31. The van der Waals surface area contributed by atoms with Crippen LogP contribution >= 0.6 is 27.5 Å². The monoisotopic (exact) mass is 479 g/mol. The van der Waals surface area contributed by atoms with Gasteiger partial charge >= 0.3 is 0 Å². The van der Waals surface area contributed by atoms with Gasteiger partial charge in [-0.05, 0) is 42.5 Å². The number of amides is 1. The van der Waals surface area contributed by atoms with Gasteiger partial charge in [0.2, 0.25) is 0 Å². The number of halogens is 2. The molecule has 3 aromatic rings. The lowest BCUT2D eigenvalue weighted by Crippen LogP contribution is -2.17. The Kier molecular flexibility index (Phi) is 5.27. The van der Waals surface area contributed by atoms with Crippen molar-refractivity contribution in [1.82, 2.24) is 9.78 Å². The number of carbonyl (C=O) groups is 1. The van der Waals surface area contributed by atoms with Gasteiger partial charge in [-0.1, -0.05) is 27.5 Å². The zero-order valence-corrected chi connectivity index (χ0v) is 17.9. The number of ether oxygens (including phenoxy) is 1. The Balaban J connectivity index is 1.75. The summed E-state index contributed by atoms with van der Waals surface area (Å²) in [6, 6.07) is 12.4. The van der Waals surface area contributed by atoms with E-state index in [0.29, 0.717) is 27.9 Å². The average Bonchev–Trinajstić information content (AvgIpc) is 3.20. The average molecular weight is 481 g/mol. The lowest BCUT2D eigenvalue weighted by molar-refractivity contribution is 0.102. The van der Waals surface area contributed by atoms with Crippen molar-refractivity contribution in [2.75, 3.05) is 12.4 Å². The Morgan fingerprint density at radius 1 is 1.25 bits per heavy atom. The standard InChI is InChI=1S/C19H15BrClN3O3S/c1-27-13-5-3-12(4-6-13)24-18(15-9-28(26)10-17(15)23-24)22-19(25)14-8-11(20)2-7-16(14)21/h2-8H,9-10H2,1H3,(H,22,25)/t28-/m0/s1. The van der Waals surface area contributed by atoms with E-state index in [4.69, 9.17) is 16.3 Å². The van der Waals surface area contributed by atoms with E-state index in [1.165, 1.54) is 0 Å². The molecule has 144 valence electrons. The minimum Gasteiger partial charge on any atom is -0.497 e. The molecule has 0 radical (unpaired) electrons. The Labute approximate surface area is 177 Å². The highest BCUT2D eigenvalue weighted by atomic mass is 79.9. The molecule has 1 aliphatic heterocycles. The van der Waals surface area contributed by atoms with Crippen LogP contribution in [0.4, 0.5) is 5.82 Å². The summed E-state index contributed by atoms with van der Waals surface area (Å²) in [5.41, 5.74) is 2.61. The molecule has 0 saturated heterocycles. The quantitative estimate of drug-likeness (QED) is 0.604. The van der Waals surface area contributed by atoms with Crippen molar-refractivity contribution in [3.05, 3.63) is 68.8 Å². The molecule has 6 nitrogen and oxygen atoms in total. The number of hydrogen-bond donors (Lipinski definition) is 1. The molecule has 2 heterocycles. The summed E-state index contributed by atoms with van der Waals surface area (Å²) in [6.07, 6.45) is 0. The zero-order chi connectivity index (χ0) is 19.8. The molecule has 1 aliphatic rings. The molecule has 1 N–H and O–H groups in total. The number of nitrogens with zero attached hydrogens (tertiary/aromatic N) is 2. The maximum absolute atomic E-state index is 12.9. The minimum absolute atomic E-state index is 0.339. The van der Waals surface area contributed by atoms with Crippen molar-refractivity contribution in [1.29, 1.82) is 0 Å². The molecule has 0 aliphatic carbocycles. The van der Waals surface area contributed by atoms with E-state index >= 15 is 0 Å². The van der Waals surface area contributed by atoms with Gasteiger partial charge in [0, 0.05) is 20.8 Å². The molecule has 0 spiro atoms. The lowest BCUT2D eigenvalue weighted by atomic mass is 10.2. The van der Waals surface area contributed by atoms with Gasteiger partial charge in [0.25, 0.3) is 5.91 Å². The van der Waals surface area contributed by atoms with Crippen molar-refractivity contribution in [3.63, 3.8) is 0 Å². The second-order valence-electron chi connectivity index (χ2n) is 6.19. The van der Waals surface area contributed by atoms with E-state index < -0.39 is 10.8 Å². The van der Waals surface area contributed by atoms with Crippen LogP contribution in [0.1, 0.15) is 21.6 Å². The Morgan fingerprint density at radius 3 is 2.71 bits per heavy atom. The van der Waals surface area contributed by atoms with Crippen molar-refractivity contribution in [2.45, 2.75) is 11.5 Å². The SMILES string of the molecule is COc1ccc(-n2nc3c(c2NC(=O)c2cc(Br)ccc2Cl)C[S@](=O)C3)cc1. The fourth-order valence-corrected chi connectivity index (χ4v) is 4.84. The molecule has 0 saturated carbocycles. The molecule has 0 bridgehead atoms. The Bertz CT molecular complexity index is 1100. The molecule has 1 atom stereocenters. The van der Waals surface area contributed by atoms with Gasteiger partial charge < -0.3 is 10.1 Å². The Morgan fingerprint density at radius 2 is 2.00 bits per heavy atom. The number of carbonyl (C=O) groups excluding carboxylic acids is 1. The van der Waals surface area contributed by atoms with Gasteiger partial charge in [0.05, 0.1) is 40.6 Å². The highest BCUT2D eigenvalue weighted by Gasteiger charge is 2.28. The largest absolute Gasteiger partial charge is 0.497 e. The topological polar surface area (TPSA) is 73.2 Å².